The quantitative estimate of drug-likeness (QED) is 0.0690. The molecule has 10 aromatic rings. The van der Waals surface area contributed by atoms with Crippen molar-refractivity contribution in [3.05, 3.63) is 275 Å². The second kappa shape index (κ2) is 22.5. The topological polar surface area (TPSA) is 151 Å². The minimum absolute atomic E-state index is 0.104. The molecule has 3 atom stereocenters. The van der Waals surface area contributed by atoms with Crippen molar-refractivity contribution in [2.24, 2.45) is 5.73 Å². The maximum Gasteiger partial charge on any atom is 0.407 e. The second-order valence-electron chi connectivity index (χ2n) is 20.2. The third-order valence-electron chi connectivity index (χ3n) is 15.3. The van der Waals surface area contributed by atoms with Gasteiger partial charge in [-0.05, 0) is 102 Å². The maximum atomic E-state index is 14.6. The molecule has 3 aliphatic rings. The Kier molecular flexibility index (Phi) is 14.2. The minimum atomic E-state index is -0.933. The lowest BCUT2D eigenvalue weighted by atomic mass is 9.97. The van der Waals surface area contributed by atoms with Crippen LogP contribution in [0.25, 0.3) is 55.6 Å². The number of amides is 2. The van der Waals surface area contributed by atoms with Crippen molar-refractivity contribution in [2.45, 2.75) is 56.1 Å². The Bertz CT molecular complexity index is 3790. The number of H-pyrrole nitrogens is 2. The van der Waals surface area contributed by atoms with Gasteiger partial charge in [0.15, 0.2) is 0 Å². The number of carbonyl (C=O) groups excluding carboxylic acids is 2. The van der Waals surface area contributed by atoms with Crippen molar-refractivity contribution < 1.29 is 14.3 Å². The Hall–Kier alpha value is -9.38. The highest BCUT2D eigenvalue weighted by Gasteiger charge is 2.32. The van der Waals surface area contributed by atoms with Crippen LogP contribution in [0.15, 0.2) is 225 Å². The highest BCUT2D eigenvalue weighted by molar-refractivity contribution is 5.90. The molecule has 3 aliphatic carbocycles. The van der Waals surface area contributed by atoms with Crippen LogP contribution in [-0.2, 0) is 28.8 Å². The molecule has 2 aromatic heterocycles. The summed E-state index contributed by atoms with van der Waals surface area (Å²) in [6, 6.07) is 66.2. The summed E-state index contributed by atoms with van der Waals surface area (Å²) < 4.78 is 5.98. The monoisotopic (exact) mass is 1020 g/mol. The van der Waals surface area contributed by atoms with E-state index in [4.69, 9.17) is 15.5 Å². The third-order valence-corrected chi connectivity index (χ3v) is 15.3. The lowest BCUT2D eigenvalue weighted by molar-refractivity contribution is -0.123. The fraction of sp³-hybridized carbons (Fsp3) is 0.147. The minimum Gasteiger partial charge on any atom is -0.449 e. The number of aromatic amines is 2. The average Bonchev–Trinajstić information content (AvgIpc) is 4.37. The first-order valence-electron chi connectivity index (χ1n) is 26.8. The van der Waals surface area contributed by atoms with Gasteiger partial charge >= 0.3 is 6.09 Å². The van der Waals surface area contributed by atoms with E-state index < -0.39 is 18.2 Å². The van der Waals surface area contributed by atoms with Gasteiger partial charge < -0.3 is 31.1 Å². The highest BCUT2D eigenvalue weighted by Crippen LogP contribution is 2.45. The number of rotatable bonds is 15. The van der Waals surface area contributed by atoms with Crippen LogP contribution in [0.2, 0.25) is 0 Å². The molecule has 6 N–H and O–H groups in total. The Morgan fingerprint density at radius 3 is 1.69 bits per heavy atom. The number of ether oxygens (including phenoxy) is 1. The fourth-order valence-corrected chi connectivity index (χ4v) is 11.4. The van der Waals surface area contributed by atoms with Crippen molar-refractivity contribution >= 4 is 33.9 Å². The molecule has 10 heteroatoms. The molecule has 0 unspecified atom stereocenters. The van der Waals surface area contributed by atoms with E-state index in [2.05, 4.69) is 129 Å². The number of hydrogen-bond donors (Lipinski definition) is 5. The lowest BCUT2D eigenvalue weighted by Gasteiger charge is -2.24. The number of hydrogen-bond acceptors (Lipinski definition) is 6. The van der Waals surface area contributed by atoms with E-state index in [1.165, 1.54) is 27.8 Å². The fourth-order valence-electron chi connectivity index (χ4n) is 11.4. The van der Waals surface area contributed by atoms with Crippen molar-refractivity contribution in [1.82, 2.24) is 30.6 Å². The number of imidazole rings is 2. The van der Waals surface area contributed by atoms with E-state index in [-0.39, 0.29) is 30.9 Å². The summed E-state index contributed by atoms with van der Waals surface area (Å²) in [5.74, 6) is 1.06. The summed E-state index contributed by atoms with van der Waals surface area (Å²) in [6.45, 7) is 0.146. The van der Waals surface area contributed by atoms with Crippen LogP contribution >= 0.6 is 0 Å². The van der Waals surface area contributed by atoms with Gasteiger partial charge in [-0.15, -0.1) is 0 Å². The molecule has 2 heterocycles. The summed E-state index contributed by atoms with van der Waals surface area (Å²) in [5.41, 5.74) is 23.5. The first-order chi connectivity index (χ1) is 38.4. The zero-order chi connectivity index (χ0) is 52.8. The largest absolute Gasteiger partial charge is 0.449 e. The molecule has 78 heavy (non-hydrogen) atoms. The molecule has 0 aliphatic heterocycles. The summed E-state index contributed by atoms with van der Waals surface area (Å²) in [6.07, 6.45) is 11.0. The molecule has 0 saturated carbocycles. The van der Waals surface area contributed by atoms with Crippen LogP contribution in [0.5, 0.6) is 0 Å². The van der Waals surface area contributed by atoms with Crippen LogP contribution in [0.3, 0.4) is 0 Å². The Balaban J connectivity index is 0.000000220. The number of alkyl carbamates (subject to hydrolysis) is 1. The normalized spacial score (nSPS) is 14.1. The number of nitrogens with zero attached hydrogens (tertiary/aromatic N) is 2. The molecule has 13 rings (SSSR count). The second-order valence-corrected chi connectivity index (χ2v) is 20.2. The smallest absolute Gasteiger partial charge is 0.407 e. The van der Waals surface area contributed by atoms with Gasteiger partial charge in [0.2, 0.25) is 5.91 Å². The molecular formula is C68H59N7O3. The molecule has 0 saturated heterocycles. The van der Waals surface area contributed by atoms with E-state index in [0.717, 1.165) is 91.8 Å². The van der Waals surface area contributed by atoms with Crippen LogP contribution in [-0.4, -0.2) is 44.6 Å². The molecule has 0 spiro atoms. The third kappa shape index (κ3) is 10.6. The lowest BCUT2D eigenvalue weighted by Crippen LogP contribution is -2.49. The molecule has 0 bridgehead atoms. The predicted octanol–water partition coefficient (Wildman–Crippen LogP) is 13.7. The SMILES string of the molecule is N[C@H](CC1=CCc2ccccc21)c1ncc(-c2ccccc2)[nH]1.O=C(N[C@H](Cc1cccc2ccccc12)C(=O)N[C@H](CC1=CCc2ccccc21)c1ncc(-c2ccccc2)[nH]1)OCC1c2ccccc2-c2ccccc21. The van der Waals surface area contributed by atoms with E-state index in [0.29, 0.717) is 12.2 Å². The van der Waals surface area contributed by atoms with Gasteiger partial charge in [-0.25, -0.2) is 14.8 Å². The van der Waals surface area contributed by atoms with E-state index in [9.17, 15) is 9.59 Å². The van der Waals surface area contributed by atoms with E-state index in [1.54, 1.807) is 0 Å². The van der Waals surface area contributed by atoms with Crippen LogP contribution in [0.4, 0.5) is 4.79 Å². The number of benzene rings is 8. The number of nitrogens with two attached hydrogens (primary N) is 1. The van der Waals surface area contributed by atoms with Crippen LogP contribution < -0.4 is 16.4 Å². The van der Waals surface area contributed by atoms with Gasteiger partial charge in [0.25, 0.3) is 0 Å². The molecule has 0 fully saturated rings. The standard InChI is InChI=1S/C48H40N4O3.C20H19N3/c53-47(51-43(27-35-26-25-32-14-5-7-20-37(32)35)46-49-29-45(50-46)33-15-2-1-3-16-33)44(28-34-18-12-17-31-13-4-6-19-36(31)34)52-48(54)55-30-42-40-23-10-8-21-38(40)39-22-9-11-24-41(39)42;21-18(12-16-11-10-14-6-4-5-9-17(14)16)20-22-13-19(23-20)15-7-2-1-3-8-15/h1-24,26,29,42-44H,25,27-28,30H2,(H,49,50)(H,51,53)(H,52,54);1-9,11,13,18H,10,12,21H2,(H,22,23)/t43-,44-;18-/m11/s1. The number of carbonyl (C=O) groups is 2. The van der Waals surface area contributed by atoms with Gasteiger partial charge in [0, 0.05) is 18.8 Å². The summed E-state index contributed by atoms with van der Waals surface area (Å²) in [7, 11) is 0. The first-order valence-corrected chi connectivity index (χ1v) is 26.8. The molecule has 384 valence electrons. The van der Waals surface area contributed by atoms with Crippen LogP contribution in [0, 0.1) is 0 Å². The average molecular weight is 1020 g/mol. The number of fused-ring (bicyclic) bond motifs is 6. The summed E-state index contributed by atoms with van der Waals surface area (Å²) in [5, 5.41) is 8.38. The number of nitrogens with one attached hydrogen (secondary N) is 4. The van der Waals surface area contributed by atoms with E-state index in [1.807, 2.05) is 122 Å². The molecule has 8 aromatic carbocycles. The Labute approximate surface area is 454 Å². The van der Waals surface area contributed by atoms with Gasteiger partial charge in [-0.3, -0.25) is 4.79 Å². The Morgan fingerprint density at radius 1 is 0.538 bits per heavy atom. The number of allylic oxidation sites excluding steroid dienone is 2. The number of aromatic nitrogens is 4. The van der Waals surface area contributed by atoms with Crippen LogP contribution in [0.1, 0.15) is 81.4 Å². The van der Waals surface area contributed by atoms with Crippen molar-refractivity contribution in [3.63, 3.8) is 0 Å². The Morgan fingerprint density at radius 2 is 1.05 bits per heavy atom. The molecule has 0 radical (unpaired) electrons. The summed E-state index contributed by atoms with van der Waals surface area (Å²) in [4.78, 5) is 44.6. The molecular weight excluding hydrogens is 963 g/mol. The van der Waals surface area contributed by atoms with Gasteiger partial charge in [0.1, 0.15) is 24.3 Å². The highest BCUT2D eigenvalue weighted by atomic mass is 16.5. The van der Waals surface area contributed by atoms with Gasteiger partial charge in [-0.1, -0.05) is 212 Å². The first kappa shape index (κ1) is 49.5. The van der Waals surface area contributed by atoms with Crippen molar-refractivity contribution in [3.8, 4) is 33.6 Å². The maximum absolute atomic E-state index is 14.6. The van der Waals surface area contributed by atoms with Crippen molar-refractivity contribution in [2.75, 3.05) is 6.61 Å². The van der Waals surface area contributed by atoms with Crippen molar-refractivity contribution in [1.29, 1.82) is 0 Å². The van der Waals surface area contributed by atoms with Gasteiger partial charge in [-0.2, -0.15) is 0 Å². The zero-order valence-electron chi connectivity index (χ0n) is 43.1. The van der Waals surface area contributed by atoms with E-state index >= 15 is 0 Å². The summed E-state index contributed by atoms with van der Waals surface area (Å²) >= 11 is 0. The predicted molar refractivity (Wildman–Crippen MR) is 311 cm³/mol. The molecule has 10 nitrogen and oxygen atoms in total. The molecule has 2 amide bonds. The zero-order valence-corrected chi connectivity index (χ0v) is 43.1. The van der Waals surface area contributed by atoms with Gasteiger partial charge in [0.05, 0.1) is 35.9 Å².